The number of hydrogen-bond donors (Lipinski definition) is 2. The van der Waals surface area contributed by atoms with Crippen LogP contribution in [0.25, 0.3) is 0 Å². The van der Waals surface area contributed by atoms with Crippen LogP contribution >= 0.6 is 0 Å². The molecule has 0 aliphatic carbocycles. The van der Waals surface area contributed by atoms with Gasteiger partial charge in [0.15, 0.2) is 0 Å². The molecule has 1 heterocycles. The molecular weight excluding hydrogens is 278 g/mol. The van der Waals surface area contributed by atoms with Crippen LogP contribution in [0, 0.1) is 5.92 Å². The van der Waals surface area contributed by atoms with Crippen molar-refractivity contribution >= 4 is 15.9 Å². The summed E-state index contributed by atoms with van der Waals surface area (Å²) in [6.07, 6.45) is 3.57. The van der Waals surface area contributed by atoms with E-state index in [0.717, 1.165) is 12.8 Å². The second-order valence-corrected chi connectivity index (χ2v) is 7.36. The van der Waals surface area contributed by atoms with Crippen molar-refractivity contribution in [1.29, 1.82) is 0 Å². The first-order valence-corrected chi connectivity index (χ1v) is 9.07. The molecule has 1 fully saturated rings. The van der Waals surface area contributed by atoms with Crippen molar-refractivity contribution < 1.29 is 13.2 Å². The lowest BCUT2D eigenvalue weighted by Crippen LogP contribution is -2.44. The zero-order chi connectivity index (χ0) is 15.0. The summed E-state index contributed by atoms with van der Waals surface area (Å²) < 4.78 is 25.6. The van der Waals surface area contributed by atoms with E-state index in [2.05, 4.69) is 5.32 Å². The highest BCUT2D eigenvalue weighted by molar-refractivity contribution is 7.89. The Morgan fingerprint density at radius 1 is 1.30 bits per heavy atom. The normalized spacial score (nSPS) is 18.1. The summed E-state index contributed by atoms with van der Waals surface area (Å²) >= 11 is 0. The number of sulfonamides is 1. The average molecular weight is 305 g/mol. The summed E-state index contributed by atoms with van der Waals surface area (Å²) in [5.74, 6) is 0.186. The van der Waals surface area contributed by atoms with Crippen LogP contribution in [-0.2, 0) is 14.8 Å². The molecule has 0 spiro atoms. The molecule has 0 aromatic carbocycles. The number of carbonyl (C=O) groups is 1. The summed E-state index contributed by atoms with van der Waals surface area (Å²) in [7, 11) is -3.13. The van der Waals surface area contributed by atoms with Gasteiger partial charge in [0.2, 0.25) is 15.9 Å². The minimum absolute atomic E-state index is 0.0315. The highest BCUT2D eigenvalue weighted by Gasteiger charge is 2.30. The molecule has 7 heteroatoms. The minimum Gasteiger partial charge on any atom is -0.356 e. The molecule has 1 amide bonds. The molecule has 3 N–H and O–H groups in total. The monoisotopic (exact) mass is 305 g/mol. The number of nitrogens with one attached hydrogen (secondary N) is 1. The number of unbranched alkanes of at least 4 members (excludes halogenated alkanes) is 1. The number of hydrogen-bond acceptors (Lipinski definition) is 4. The standard InChI is InChI=1S/C13H27N3O3S/c1-2-3-11-20(18,19)16-9-5-12(6-10-16)13(17)15-8-4-7-14/h12H,2-11,14H2,1H3,(H,15,17). The number of nitrogens with zero attached hydrogens (tertiary/aromatic N) is 1. The minimum atomic E-state index is -3.13. The first kappa shape index (κ1) is 17.4. The first-order valence-electron chi connectivity index (χ1n) is 7.47. The summed E-state index contributed by atoms with van der Waals surface area (Å²) in [5.41, 5.74) is 5.37. The second-order valence-electron chi connectivity index (χ2n) is 5.28. The Morgan fingerprint density at radius 2 is 1.95 bits per heavy atom. The molecular formula is C13H27N3O3S. The van der Waals surface area contributed by atoms with Crippen LogP contribution < -0.4 is 11.1 Å². The molecule has 0 saturated carbocycles. The molecule has 0 aromatic heterocycles. The van der Waals surface area contributed by atoms with Crippen LogP contribution in [0.5, 0.6) is 0 Å². The maximum Gasteiger partial charge on any atom is 0.223 e. The van der Waals surface area contributed by atoms with E-state index in [1.165, 1.54) is 4.31 Å². The van der Waals surface area contributed by atoms with Crippen LogP contribution in [0.1, 0.15) is 39.0 Å². The van der Waals surface area contributed by atoms with Crippen molar-refractivity contribution in [2.75, 3.05) is 31.9 Å². The summed E-state index contributed by atoms with van der Waals surface area (Å²) in [6.45, 7) is 4.06. The van der Waals surface area contributed by atoms with Crippen LogP contribution in [0.15, 0.2) is 0 Å². The summed E-state index contributed by atoms with van der Waals surface area (Å²) in [5, 5.41) is 2.85. The number of amides is 1. The molecule has 6 nitrogen and oxygen atoms in total. The maximum atomic E-state index is 12.0. The van der Waals surface area contributed by atoms with Gasteiger partial charge in [-0.1, -0.05) is 13.3 Å². The molecule has 0 radical (unpaired) electrons. The fourth-order valence-electron chi connectivity index (χ4n) is 2.31. The Hall–Kier alpha value is -0.660. The van der Waals surface area contributed by atoms with E-state index in [-0.39, 0.29) is 17.6 Å². The molecule has 0 bridgehead atoms. The van der Waals surface area contributed by atoms with E-state index < -0.39 is 10.0 Å². The molecule has 0 aromatic rings. The number of rotatable bonds is 8. The smallest absolute Gasteiger partial charge is 0.223 e. The van der Waals surface area contributed by atoms with Gasteiger partial charge in [0.1, 0.15) is 0 Å². The fraction of sp³-hybridized carbons (Fsp3) is 0.923. The second kappa shape index (κ2) is 8.59. The first-order chi connectivity index (χ1) is 9.51. The molecule has 20 heavy (non-hydrogen) atoms. The van der Waals surface area contributed by atoms with Crippen LogP contribution in [-0.4, -0.2) is 50.6 Å². The van der Waals surface area contributed by atoms with Crippen molar-refractivity contribution in [3.63, 3.8) is 0 Å². The van der Waals surface area contributed by atoms with E-state index in [1.54, 1.807) is 0 Å². The fourth-order valence-corrected chi connectivity index (χ4v) is 3.99. The lowest BCUT2D eigenvalue weighted by molar-refractivity contribution is -0.126. The summed E-state index contributed by atoms with van der Waals surface area (Å²) in [6, 6.07) is 0. The molecule has 0 atom stereocenters. The van der Waals surface area contributed by atoms with Gasteiger partial charge >= 0.3 is 0 Å². The van der Waals surface area contributed by atoms with E-state index in [9.17, 15) is 13.2 Å². The molecule has 1 aliphatic rings. The van der Waals surface area contributed by atoms with Gasteiger partial charge in [0.25, 0.3) is 0 Å². The zero-order valence-corrected chi connectivity index (χ0v) is 13.1. The highest BCUT2D eigenvalue weighted by Crippen LogP contribution is 2.20. The predicted molar refractivity (Wildman–Crippen MR) is 79.7 cm³/mol. The Morgan fingerprint density at radius 3 is 2.50 bits per heavy atom. The lowest BCUT2D eigenvalue weighted by atomic mass is 9.97. The molecule has 0 unspecified atom stereocenters. The third-order valence-electron chi connectivity index (χ3n) is 3.65. The van der Waals surface area contributed by atoms with Gasteiger partial charge in [-0.25, -0.2) is 12.7 Å². The highest BCUT2D eigenvalue weighted by atomic mass is 32.2. The van der Waals surface area contributed by atoms with Crippen LogP contribution in [0.4, 0.5) is 0 Å². The van der Waals surface area contributed by atoms with E-state index in [1.807, 2.05) is 6.92 Å². The van der Waals surface area contributed by atoms with Crippen molar-refractivity contribution in [3.05, 3.63) is 0 Å². The topological polar surface area (TPSA) is 92.5 Å². The molecule has 118 valence electrons. The Balaban J connectivity index is 2.37. The van der Waals surface area contributed by atoms with E-state index in [4.69, 9.17) is 5.73 Å². The van der Waals surface area contributed by atoms with Gasteiger partial charge in [-0.05, 0) is 32.2 Å². The third-order valence-corrected chi connectivity index (χ3v) is 5.61. The maximum absolute atomic E-state index is 12.0. The molecule has 1 rings (SSSR count). The number of carbonyl (C=O) groups excluding carboxylic acids is 1. The quantitative estimate of drug-likeness (QED) is 0.631. The number of piperidine rings is 1. The van der Waals surface area contributed by atoms with E-state index in [0.29, 0.717) is 45.4 Å². The largest absolute Gasteiger partial charge is 0.356 e. The lowest BCUT2D eigenvalue weighted by Gasteiger charge is -2.30. The predicted octanol–water partition coefficient (Wildman–Crippen LogP) is 0.293. The van der Waals surface area contributed by atoms with Crippen LogP contribution in [0.2, 0.25) is 0 Å². The van der Waals surface area contributed by atoms with Gasteiger partial charge in [0, 0.05) is 25.6 Å². The number of nitrogens with two attached hydrogens (primary N) is 1. The molecule has 1 aliphatic heterocycles. The summed E-state index contributed by atoms with van der Waals surface area (Å²) in [4.78, 5) is 11.9. The van der Waals surface area contributed by atoms with Crippen molar-refractivity contribution in [2.45, 2.75) is 39.0 Å². The van der Waals surface area contributed by atoms with Gasteiger partial charge in [0.05, 0.1) is 5.75 Å². The van der Waals surface area contributed by atoms with Crippen molar-refractivity contribution in [2.24, 2.45) is 11.7 Å². The Kier molecular flexibility index (Phi) is 7.47. The molecule has 1 saturated heterocycles. The van der Waals surface area contributed by atoms with Crippen molar-refractivity contribution in [1.82, 2.24) is 9.62 Å². The van der Waals surface area contributed by atoms with E-state index >= 15 is 0 Å². The van der Waals surface area contributed by atoms with Crippen LogP contribution in [0.3, 0.4) is 0 Å². The van der Waals surface area contributed by atoms with Crippen molar-refractivity contribution in [3.8, 4) is 0 Å². The van der Waals surface area contributed by atoms with Gasteiger partial charge < -0.3 is 11.1 Å². The SMILES string of the molecule is CCCCS(=O)(=O)N1CCC(C(=O)NCCCN)CC1. The Bertz CT molecular complexity index is 390. The van der Waals surface area contributed by atoms with Gasteiger partial charge in [-0.2, -0.15) is 0 Å². The third kappa shape index (κ3) is 5.38. The zero-order valence-electron chi connectivity index (χ0n) is 12.3. The Labute approximate surface area is 122 Å². The van der Waals surface area contributed by atoms with Gasteiger partial charge in [-0.15, -0.1) is 0 Å². The average Bonchev–Trinajstić information content (AvgIpc) is 2.45. The van der Waals surface area contributed by atoms with Gasteiger partial charge in [-0.3, -0.25) is 4.79 Å².